The highest BCUT2D eigenvalue weighted by molar-refractivity contribution is 5.82. The van der Waals surface area contributed by atoms with Gasteiger partial charge in [0.2, 0.25) is 0 Å². The number of phenols is 1. The minimum absolute atomic E-state index is 0.223. The molecule has 0 bridgehead atoms. The Balaban J connectivity index is 1.91. The number of aryl methyl sites for hydroxylation is 2. The maximum atomic E-state index is 9.62. The lowest BCUT2D eigenvalue weighted by Crippen LogP contribution is -1.99. The summed E-state index contributed by atoms with van der Waals surface area (Å²) in [5, 5.41) is 10.7. The second kappa shape index (κ2) is 5.44. The molecule has 0 unspecified atom stereocenters. The number of benzene rings is 2. The van der Waals surface area contributed by atoms with E-state index in [1.807, 2.05) is 50.2 Å². The van der Waals surface area contributed by atoms with E-state index in [9.17, 15) is 5.11 Å². The van der Waals surface area contributed by atoms with Crippen molar-refractivity contribution in [2.45, 2.75) is 20.5 Å². The average Bonchev–Trinajstić information content (AvgIpc) is 2.43. The maximum Gasteiger partial charge on any atom is 0.123 e. The van der Waals surface area contributed by atoms with Crippen molar-refractivity contribution in [3.8, 4) is 11.5 Å². The molecule has 3 rings (SSSR count). The summed E-state index contributed by atoms with van der Waals surface area (Å²) in [4.78, 5) is 4.52. The summed E-state index contributed by atoms with van der Waals surface area (Å²) in [6.07, 6.45) is 0. The smallest absolute Gasteiger partial charge is 0.123 e. The van der Waals surface area contributed by atoms with E-state index in [2.05, 4.69) is 4.98 Å². The van der Waals surface area contributed by atoms with Gasteiger partial charge in [-0.25, -0.2) is 0 Å². The molecule has 0 saturated carbocycles. The van der Waals surface area contributed by atoms with Gasteiger partial charge in [0, 0.05) is 22.7 Å². The Morgan fingerprint density at radius 3 is 2.67 bits per heavy atom. The van der Waals surface area contributed by atoms with Crippen LogP contribution in [0.25, 0.3) is 10.9 Å². The second-order valence-electron chi connectivity index (χ2n) is 5.23. The van der Waals surface area contributed by atoms with E-state index in [4.69, 9.17) is 4.74 Å². The first-order valence-electron chi connectivity index (χ1n) is 6.90. The highest BCUT2D eigenvalue weighted by atomic mass is 16.5. The molecule has 0 aliphatic carbocycles. The van der Waals surface area contributed by atoms with Crippen LogP contribution in [-0.4, -0.2) is 10.1 Å². The van der Waals surface area contributed by atoms with Gasteiger partial charge in [-0.15, -0.1) is 0 Å². The lowest BCUT2D eigenvalue weighted by Gasteiger charge is -2.11. The summed E-state index contributed by atoms with van der Waals surface area (Å²) >= 11 is 0. The number of hydrogen-bond acceptors (Lipinski definition) is 3. The van der Waals surface area contributed by atoms with Crippen molar-refractivity contribution < 1.29 is 9.84 Å². The first-order valence-corrected chi connectivity index (χ1v) is 6.90. The van der Waals surface area contributed by atoms with Gasteiger partial charge in [0.15, 0.2) is 0 Å². The van der Waals surface area contributed by atoms with Crippen molar-refractivity contribution in [3.63, 3.8) is 0 Å². The van der Waals surface area contributed by atoms with Crippen LogP contribution < -0.4 is 4.74 Å². The van der Waals surface area contributed by atoms with E-state index in [1.165, 1.54) is 0 Å². The van der Waals surface area contributed by atoms with Crippen LogP contribution in [0.5, 0.6) is 11.5 Å². The third-order valence-electron chi connectivity index (χ3n) is 3.36. The Morgan fingerprint density at radius 2 is 1.86 bits per heavy atom. The quantitative estimate of drug-likeness (QED) is 0.783. The fourth-order valence-corrected chi connectivity index (χ4v) is 2.49. The Kier molecular flexibility index (Phi) is 3.48. The summed E-state index contributed by atoms with van der Waals surface area (Å²) in [6.45, 7) is 4.36. The standard InChI is InChI=1S/C18H17NO2/c1-12-7-15(20)10-16(8-12)21-11-14-9-13(2)19-18-6-4-3-5-17(14)18/h3-10,20H,11H2,1-2H3. The Morgan fingerprint density at radius 1 is 1.05 bits per heavy atom. The molecule has 0 atom stereocenters. The molecule has 1 N–H and O–H groups in total. The van der Waals surface area contributed by atoms with E-state index in [-0.39, 0.29) is 5.75 Å². The van der Waals surface area contributed by atoms with Crippen LogP contribution in [0.1, 0.15) is 16.8 Å². The van der Waals surface area contributed by atoms with Crippen molar-refractivity contribution in [2.75, 3.05) is 0 Å². The minimum Gasteiger partial charge on any atom is -0.508 e. The Bertz CT molecular complexity index is 776. The third kappa shape index (κ3) is 2.97. The SMILES string of the molecule is Cc1cc(O)cc(OCc2cc(C)nc3ccccc23)c1. The van der Waals surface area contributed by atoms with Crippen LogP contribution in [0.15, 0.2) is 48.5 Å². The number of nitrogens with zero attached hydrogens (tertiary/aromatic N) is 1. The van der Waals surface area contributed by atoms with E-state index in [0.29, 0.717) is 12.4 Å². The average molecular weight is 279 g/mol. The van der Waals surface area contributed by atoms with Gasteiger partial charge < -0.3 is 9.84 Å². The lowest BCUT2D eigenvalue weighted by atomic mass is 10.1. The normalized spacial score (nSPS) is 10.8. The molecule has 1 heterocycles. The molecule has 21 heavy (non-hydrogen) atoms. The van der Waals surface area contributed by atoms with Crippen LogP contribution >= 0.6 is 0 Å². The van der Waals surface area contributed by atoms with Crippen LogP contribution in [-0.2, 0) is 6.61 Å². The fourth-order valence-electron chi connectivity index (χ4n) is 2.49. The van der Waals surface area contributed by atoms with Gasteiger partial charge in [-0.2, -0.15) is 0 Å². The number of hydrogen-bond donors (Lipinski definition) is 1. The molecule has 0 saturated heterocycles. The number of rotatable bonds is 3. The largest absolute Gasteiger partial charge is 0.508 e. The van der Waals surface area contributed by atoms with Crippen molar-refractivity contribution in [3.05, 3.63) is 65.4 Å². The zero-order valence-electron chi connectivity index (χ0n) is 12.1. The molecule has 0 aliphatic heterocycles. The Labute approximate surface area is 123 Å². The topological polar surface area (TPSA) is 42.4 Å². The zero-order chi connectivity index (χ0) is 14.8. The van der Waals surface area contributed by atoms with Crippen LogP contribution in [0.4, 0.5) is 0 Å². The van der Waals surface area contributed by atoms with Crippen molar-refractivity contribution >= 4 is 10.9 Å². The molecule has 0 radical (unpaired) electrons. The van der Waals surface area contributed by atoms with Crippen molar-refractivity contribution in [1.82, 2.24) is 4.98 Å². The molecular formula is C18H17NO2. The number of fused-ring (bicyclic) bond motifs is 1. The number of pyridine rings is 1. The lowest BCUT2D eigenvalue weighted by molar-refractivity contribution is 0.305. The van der Waals surface area contributed by atoms with Crippen LogP contribution in [0.3, 0.4) is 0 Å². The van der Waals surface area contributed by atoms with Gasteiger partial charge >= 0.3 is 0 Å². The first-order chi connectivity index (χ1) is 10.1. The van der Waals surface area contributed by atoms with Crippen molar-refractivity contribution in [1.29, 1.82) is 0 Å². The number of aromatic hydroxyl groups is 1. The van der Waals surface area contributed by atoms with Gasteiger partial charge in [0.05, 0.1) is 5.52 Å². The molecule has 0 amide bonds. The Hall–Kier alpha value is -2.55. The fraction of sp³-hybridized carbons (Fsp3) is 0.167. The van der Waals surface area contributed by atoms with E-state index in [1.54, 1.807) is 12.1 Å². The number of phenolic OH excluding ortho intramolecular Hbond substituents is 1. The molecule has 3 heteroatoms. The summed E-state index contributed by atoms with van der Waals surface area (Å²) < 4.78 is 5.83. The van der Waals surface area contributed by atoms with Crippen molar-refractivity contribution in [2.24, 2.45) is 0 Å². The molecule has 2 aromatic carbocycles. The van der Waals surface area contributed by atoms with Gasteiger partial charge in [-0.3, -0.25) is 4.98 Å². The molecule has 3 nitrogen and oxygen atoms in total. The van der Waals surface area contributed by atoms with Gasteiger partial charge in [-0.1, -0.05) is 18.2 Å². The summed E-state index contributed by atoms with van der Waals surface area (Å²) in [7, 11) is 0. The van der Waals surface area contributed by atoms with E-state index >= 15 is 0 Å². The van der Waals surface area contributed by atoms with Gasteiger partial charge in [0.1, 0.15) is 18.1 Å². The predicted molar refractivity (Wildman–Crippen MR) is 83.7 cm³/mol. The minimum atomic E-state index is 0.223. The molecule has 0 aliphatic rings. The number of ether oxygens (including phenoxy) is 1. The molecule has 1 aromatic heterocycles. The van der Waals surface area contributed by atoms with Crippen LogP contribution in [0, 0.1) is 13.8 Å². The van der Waals surface area contributed by atoms with Gasteiger partial charge in [0.25, 0.3) is 0 Å². The monoisotopic (exact) mass is 279 g/mol. The molecule has 0 fully saturated rings. The first kappa shape index (κ1) is 13.4. The summed E-state index contributed by atoms with van der Waals surface area (Å²) in [6, 6.07) is 15.3. The summed E-state index contributed by atoms with van der Waals surface area (Å²) in [5.41, 5.74) is 4.02. The number of aromatic nitrogens is 1. The van der Waals surface area contributed by atoms with Gasteiger partial charge in [-0.05, 0) is 43.7 Å². The molecule has 106 valence electrons. The third-order valence-corrected chi connectivity index (χ3v) is 3.36. The molecular weight excluding hydrogens is 262 g/mol. The van der Waals surface area contributed by atoms with E-state index in [0.717, 1.165) is 27.7 Å². The summed E-state index contributed by atoms with van der Waals surface area (Å²) in [5.74, 6) is 0.895. The zero-order valence-corrected chi connectivity index (χ0v) is 12.1. The van der Waals surface area contributed by atoms with Crippen LogP contribution in [0.2, 0.25) is 0 Å². The highest BCUT2D eigenvalue weighted by Crippen LogP contribution is 2.24. The van der Waals surface area contributed by atoms with E-state index < -0.39 is 0 Å². The molecule has 0 spiro atoms. The highest BCUT2D eigenvalue weighted by Gasteiger charge is 2.05. The molecule has 3 aromatic rings. The maximum absolute atomic E-state index is 9.62. The predicted octanol–water partition coefficient (Wildman–Crippen LogP) is 4.14. The number of para-hydroxylation sites is 1. The second-order valence-corrected chi connectivity index (χ2v) is 5.23.